The van der Waals surface area contributed by atoms with Crippen molar-refractivity contribution in [3.63, 3.8) is 0 Å². The summed E-state index contributed by atoms with van der Waals surface area (Å²) in [5, 5.41) is 3.49. The average Bonchev–Trinajstić information content (AvgIpc) is 2.38. The second-order valence-electron chi connectivity index (χ2n) is 4.13. The molecule has 0 amide bonds. The molecule has 0 aliphatic heterocycles. The number of aryl methyl sites for hydroxylation is 2. The number of hydrogen-bond acceptors (Lipinski definition) is 4. The van der Waals surface area contributed by atoms with Crippen LogP contribution >= 0.6 is 43.5 Å². The minimum atomic E-state index is 0.335. The van der Waals surface area contributed by atoms with E-state index in [-0.39, 0.29) is 0 Å². The molecule has 106 valence electrons. The summed E-state index contributed by atoms with van der Waals surface area (Å²) in [6.07, 6.45) is 0. The van der Waals surface area contributed by atoms with Crippen LogP contribution in [-0.2, 0) is 0 Å². The molecule has 0 fully saturated rings. The molecule has 2 rings (SSSR count). The Kier molecular flexibility index (Phi) is 4.88. The van der Waals surface area contributed by atoms with Gasteiger partial charge >= 0.3 is 0 Å². The third-order valence-corrected chi connectivity index (χ3v) is 4.30. The van der Waals surface area contributed by atoms with E-state index in [0.29, 0.717) is 16.7 Å². The zero-order chi connectivity index (χ0) is 14.9. The molecule has 1 N–H and O–H groups in total. The molecule has 7 heteroatoms. The van der Waals surface area contributed by atoms with E-state index in [0.717, 1.165) is 26.0 Å². The molecule has 2 aromatic rings. The SMILES string of the molecule is COc1cc(Nc2nc(C)c(C)nc2Cl)c(Br)cc1Br. The molecule has 0 radical (unpaired) electrons. The van der Waals surface area contributed by atoms with E-state index in [1.54, 1.807) is 7.11 Å². The first-order chi connectivity index (χ1) is 9.42. The maximum Gasteiger partial charge on any atom is 0.172 e. The van der Waals surface area contributed by atoms with Gasteiger partial charge in [0.1, 0.15) is 5.75 Å². The zero-order valence-electron chi connectivity index (χ0n) is 11.1. The molecule has 20 heavy (non-hydrogen) atoms. The highest BCUT2D eigenvalue weighted by Gasteiger charge is 2.11. The number of nitrogens with one attached hydrogen (secondary N) is 1. The van der Waals surface area contributed by atoms with E-state index in [2.05, 4.69) is 47.1 Å². The van der Waals surface area contributed by atoms with Crippen LogP contribution < -0.4 is 10.1 Å². The second kappa shape index (κ2) is 6.28. The molecule has 0 unspecified atom stereocenters. The fourth-order valence-electron chi connectivity index (χ4n) is 1.56. The number of halogens is 3. The Hall–Kier alpha value is -0.850. The molecule has 0 spiro atoms. The molecular weight excluding hydrogens is 409 g/mol. The first-order valence-corrected chi connectivity index (χ1v) is 7.69. The standard InChI is InChI=1S/C13H12Br2ClN3O/c1-6-7(2)18-13(12(16)17-6)19-10-5-11(20-3)9(15)4-8(10)14/h4-5H,1-3H3,(H,18,19). The summed E-state index contributed by atoms with van der Waals surface area (Å²) in [7, 11) is 1.61. The molecule has 4 nitrogen and oxygen atoms in total. The van der Waals surface area contributed by atoms with Crippen LogP contribution in [0.4, 0.5) is 11.5 Å². The van der Waals surface area contributed by atoms with E-state index in [1.165, 1.54) is 0 Å². The van der Waals surface area contributed by atoms with Crippen LogP contribution in [0.1, 0.15) is 11.4 Å². The molecule has 1 aromatic carbocycles. The van der Waals surface area contributed by atoms with Gasteiger partial charge in [-0.25, -0.2) is 9.97 Å². The van der Waals surface area contributed by atoms with Crippen molar-refractivity contribution < 1.29 is 4.74 Å². The quantitative estimate of drug-likeness (QED) is 0.756. The first kappa shape index (κ1) is 15.5. The fraction of sp³-hybridized carbons (Fsp3) is 0.231. The summed E-state index contributed by atoms with van der Waals surface area (Å²) in [4.78, 5) is 8.65. The van der Waals surface area contributed by atoms with E-state index in [4.69, 9.17) is 16.3 Å². The average molecular weight is 422 g/mol. The Labute approximate surface area is 139 Å². The summed E-state index contributed by atoms with van der Waals surface area (Å²) < 4.78 is 6.99. The van der Waals surface area contributed by atoms with Gasteiger partial charge in [0.25, 0.3) is 0 Å². The maximum absolute atomic E-state index is 6.12. The van der Waals surface area contributed by atoms with E-state index >= 15 is 0 Å². The normalized spacial score (nSPS) is 10.5. The number of benzene rings is 1. The van der Waals surface area contributed by atoms with Crippen LogP contribution in [-0.4, -0.2) is 17.1 Å². The minimum Gasteiger partial charge on any atom is -0.495 e. The Balaban J connectivity index is 2.42. The van der Waals surface area contributed by atoms with Crippen LogP contribution in [0.2, 0.25) is 5.15 Å². The molecular formula is C13H12Br2ClN3O. The fourth-order valence-corrected chi connectivity index (χ4v) is 3.04. The van der Waals surface area contributed by atoms with Gasteiger partial charge in [-0.3, -0.25) is 0 Å². The summed E-state index contributed by atoms with van der Waals surface area (Å²) in [5.41, 5.74) is 2.44. The Bertz CT molecular complexity index is 665. The van der Waals surface area contributed by atoms with Crippen LogP contribution in [0.5, 0.6) is 5.75 Å². The van der Waals surface area contributed by atoms with Crippen LogP contribution in [0.15, 0.2) is 21.1 Å². The Morgan fingerprint density at radius 2 is 1.75 bits per heavy atom. The monoisotopic (exact) mass is 419 g/mol. The van der Waals surface area contributed by atoms with E-state index in [1.807, 2.05) is 26.0 Å². The molecule has 0 aliphatic rings. The predicted molar refractivity (Wildman–Crippen MR) is 88.2 cm³/mol. The highest BCUT2D eigenvalue weighted by molar-refractivity contribution is 9.11. The predicted octanol–water partition coefficient (Wildman–Crippen LogP) is 5.02. The number of ether oxygens (including phenoxy) is 1. The number of anilines is 2. The van der Waals surface area contributed by atoms with E-state index in [9.17, 15) is 0 Å². The topological polar surface area (TPSA) is 47.0 Å². The highest BCUT2D eigenvalue weighted by Crippen LogP contribution is 2.36. The van der Waals surface area contributed by atoms with Crippen molar-refractivity contribution in [2.45, 2.75) is 13.8 Å². The molecule has 0 bridgehead atoms. The second-order valence-corrected chi connectivity index (χ2v) is 6.19. The van der Waals surface area contributed by atoms with Crippen molar-refractivity contribution in [3.8, 4) is 5.75 Å². The summed E-state index contributed by atoms with van der Waals surface area (Å²) >= 11 is 13.0. The third kappa shape index (κ3) is 3.24. The molecule has 0 aliphatic carbocycles. The van der Waals surface area contributed by atoms with E-state index < -0.39 is 0 Å². The number of nitrogens with zero attached hydrogens (tertiary/aromatic N) is 2. The molecule has 0 atom stereocenters. The van der Waals surface area contributed by atoms with Crippen molar-refractivity contribution in [1.82, 2.24) is 9.97 Å². The van der Waals surface area contributed by atoms with Gasteiger partial charge in [0.05, 0.1) is 28.7 Å². The molecule has 1 heterocycles. The largest absolute Gasteiger partial charge is 0.495 e. The lowest BCUT2D eigenvalue weighted by Gasteiger charge is -2.13. The van der Waals surface area contributed by atoms with Crippen molar-refractivity contribution >= 4 is 55.0 Å². The van der Waals surface area contributed by atoms with Crippen LogP contribution in [0.3, 0.4) is 0 Å². The van der Waals surface area contributed by atoms with Crippen LogP contribution in [0.25, 0.3) is 0 Å². The lowest BCUT2D eigenvalue weighted by atomic mass is 10.3. The third-order valence-electron chi connectivity index (χ3n) is 2.76. The summed E-state index contributed by atoms with van der Waals surface area (Å²) in [6, 6.07) is 3.74. The van der Waals surface area contributed by atoms with Gasteiger partial charge in [-0.2, -0.15) is 0 Å². The van der Waals surface area contributed by atoms with Gasteiger partial charge in [0.15, 0.2) is 11.0 Å². The molecule has 0 saturated heterocycles. The smallest absolute Gasteiger partial charge is 0.172 e. The Morgan fingerprint density at radius 1 is 1.10 bits per heavy atom. The number of methoxy groups -OCH3 is 1. The summed E-state index contributed by atoms with van der Waals surface area (Å²) in [5.74, 6) is 1.23. The summed E-state index contributed by atoms with van der Waals surface area (Å²) in [6.45, 7) is 3.76. The zero-order valence-corrected chi connectivity index (χ0v) is 15.0. The van der Waals surface area contributed by atoms with Crippen molar-refractivity contribution in [1.29, 1.82) is 0 Å². The molecule has 1 aromatic heterocycles. The van der Waals surface area contributed by atoms with Crippen LogP contribution in [0, 0.1) is 13.8 Å². The van der Waals surface area contributed by atoms with Crippen molar-refractivity contribution in [2.24, 2.45) is 0 Å². The number of hydrogen-bond donors (Lipinski definition) is 1. The highest BCUT2D eigenvalue weighted by atomic mass is 79.9. The first-order valence-electron chi connectivity index (χ1n) is 5.73. The maximum atomic E-state index is 6.12. The lowest BCUT2D eigenvalue weighted by Crippen LogP contribution is -2.01. The minimum absolute atomic E-state index is 0.335. The van der Waals surface area contributed by atoms with Gasteiger partial charge in [-0.15, -0.1) is 0 Å². The number of aromatic nitrogens is 2. The Morgan fingerprint density at radius 3 is 2.40 bits per heavy atom. The van der Waals surface area contributed by atoms with Gasteiger partial charge < -0.3 is 10.1 Å². The van der Waals surface area contributed by atoms with Crippen molar-refractivity contribution in [3.05, 3.63) is 37.6 Å². The lowest BCUT2D eigenvalue weighted by molar-refractivity contribution is 0.412. The number of rotatable bonds is 3. The van der Waals surface area contributed by atoms with Gasteiger partial charge in [-0.05, 0) is 51.8 Å². The van der Waals surface area contributed by atoms with Gasteiger partial charge in [0.2, 0.25) is 0 Å². The van der Waals surface area contributed by atoms with Gasteiger partial charge in [-0.1, -0.05) is 11.6 Å². The van der Waals surface area contributed by atoms with Gasteiger partial charge in [0, 0.05) is 10.5 Å². The molecule has 0 saturated carbocycles. The van der Waals surface area contributed by atoms with Crippen molar-refractivity contribution in [2.75, 3.05) is 12.4 Å².